The van der Waals surface area contributed by atoms with E-state index in [1.54, 1.807) is 19.0 Å². The van der Waals surface area contributed by atoms with E-state index in [1.165, 1.54) is 4.90 Å². The van der Waals surface area contributed by atoms with Gasteiger partial charge < -0.3 is 14.5 Å². The van der Waals surface area contributed by atoms with Crippen LogP contribution in [-0.2, 0) is 4.79 Å². The van der Waals surface area contributed by atoms with Crippen LogP contribution in [0.4, 0.5) is 5.69 Å². The van der Waals surface area contributed by atoms with Crippen molar-refractivity contribution in [3.8, 4) is 5.75 Å². The lowest BCUT2D eigenvalue weighted by Crippen LogP contribution is -2.27. The first-order valence-electron chi connectivity index (χ1n) is 5.83. The van der Waals surface area contributed by atoms with Crippen LogP contribution < -0.4 is 9.64 Å². The summed E-state index contributed by atoms with van der Waals surface area (Å²) in [7, 11) is 5.31. The van der Waals surface area contributed by atoms with Crippen molar-refractivity contribution < 1.29 is 9.53 Å². The Morgan fingerprint density at radius 3 is 2.32 bits per heavy atom. The predicted octanol–water partition coefficient (Wildman–Crippen LogP) is 1.37. The third-order valence-corrected chi connectivity index (χ3v) is 3.90. The van der Waals surface area contributed by atoms with Crippen LogP contribution in [0.2, 0.25) is 0 Å². The number of fused-ring (bicyclic) bond motifs is 1. The van der Waals surface area contributed by atoms with Crippen LogP contribution in [0.5, 0.6) is 5.75 Å². The van der Waals surface area contributed by atoms with E-state index in [9.17, 15) is 4.79 Å². The molecule has 0 aliphatic carbocycles. The number of nitrogens with zero attached hydrogens (tertiary/aromatic N) is 3. The molecule has 0 atom stereocenters. The molecule has 1 fully saturated rings. The number of carbonyl (C=O) groups is 1. The number of anilines is 1. The van der Waals surface area contributed by atoms with Crippen molar-refractivity contribution in [2.75, 3.05) is 26.0 Å². The lowest BCUT2D eigenvalue weighted by atomic mass is 10.3. The lowest BCUT2D eigenvalue weighted by Gasteiger charge is -2.16. The van der Waals surface area contributed by atoms with Crippen molar-refractivity contribution >= 4 is 28.9 Å². The highest BCUT2D eigenvalue weighted by atomic mass is 32.1. The Labute approximate surface area is 116 Å². The van der Waals surface area contributed by atoms with Gasteiger partial charge in [-0.1, -0.05) is 12.1 Å². The molecule has 0 unspecified atom stereocenters. The van der Waals surface area contributed by atoms with Gasteiger partial charge in [0.05, 0.1) is 5.69 Å². The van der Waals surface area contributed by atoms with Crippen molar-refractivity contribution in [1.29, 1.82) is 0 Å². The van der Waals surface area contributed by atoms with Crippen molar-refractivity contribution in [2.24, 2.45) is 0 Å². The van der Waals surface area contributed by atoms with Gasteiger partial charge in [-0.3, -0.25) is 9.69 Å². The number of hydrogen-bond donors (Lipinski definition) is 0. The number of likely N-dealkylation sites (N-methyl/N-ethyl adjacent to an activating group) is 2. The molecular weight excluding hydrogens is 262 g/mol. The molecule has 0 radical (unpaired) electrons. The van der Waals surface area contributed by atoms with Gasteiger partial charge in [0.1, 0.15) is 0 Å². The minimum absolute atomic E-state index is 0.151. The van der Waals surface area contributed by atoms with Crippen molar-refractivity contribution in [3.63, 3.8) is 0 Å². The Morgan fingerprint density at radius 1 is 1.05 bits per heavy atom. The largest absolute Gasteiger partial charge is 0.436 e. The van der Waals surface area contributed by atoms with Gasteiger partial charge in [-0.25, -0.2) is 0 Å². The first-order chi connectivity index (χ1) is 9.02. The van der Waals surface area contributed by atoms with Crippen molar-refractivity contribution in [1.82, 2.24) is 9.80 Å². The molecule has 1 saturated heterocycles. The Morgan fingerprint density at radius 2 is 1.74 bits per heavy atom. The van der Waals surface area contributed by atoms with Crippen molar-refractivity contribution in [3.05, 3.63) is 35.8 Å². The standard InChI is InChI=1S/C13H13N3O2S/c1-14-8-6-4-5-7-9(8)18-12(14)10-11(17)16(3)13(19)15(10)2/h4-7H,1-3H3/b12-10-. The first kappa shape index (κ1) is 12.0. The molecule has 1 amide bonds. The monoisotopic (exact) mass is 275 g/mol. The van der Waals surface area contributed by atoms with Gasteiger partial charge in [-0.15, -0.1) is 0 Å². The van der Waals surface area contributed by atoms with Crippen LogP contribution in [0.1, 0.15) is 0 Å². The Balaban J connectivity index is 2.12. The fourth-order valence-corrected chi connectivity index (χ4v) is 2.43. The average molecular weight is 275 g/mol. The van der Waals surface area contributed by atoms with E-state index in [0.29, 0.717) is 16.7 Å². The molecule has 98 valence electrons. The maximum Gasteiger partial charge on any atom is 0.282 e. The lowest BCUT2D eigenvalue weighted by molar-refractivity contribution is -0.121. The van der Waals surface area contributed by atoms with Crippen LogP contribution in [0.3, 0.4) is 0 Å². The number of thiocarbonyl (C=S) groups is 1. The van der Waals surface area contributed by atoms with Gasteiger partial charge in [-0.05, 0) is 24.4 Å². The van der Waals surface area contributed by atoms with Gasteiger partial charge in [0, 0.05) is 21.1 Å². The molecule has 2 heterocycles. The Kier molecular flexibility index (Phi) is 2.50. The van der Waals surface area contributed by atoms with E-state index in [4.69, 9.17) is 17.0 Å². The summed E-state index contributed by atoms with van der Waals surface area (Å²) in [6.45, 7) is 0. The second-order valence-corrected chi connectivity index (χ2v) is 4.85. The molecule has 2 aliphatic rings. The molecule has 3 rings (SSSR count). The Hall–Kier alpha value is -2.08. The molecule has 0 aromatic heterocycles. The molecular formula is C13H13N3O2S. The van der Waals surface area contributed by atoms with Crippen LogP contribution in [0, 0.1) is 0 Å². The number of hydrogen-bond acceptors (Lipinski definition) is 4. The summed E-state index contributed by atoms with van der Waals surface area (Å²) in [5.41, 5.74) is 1.40. The van der Waals surface area contributed by atoms with E-state index in [0.717, 1.165) is 11.4 Å². The summed E-state index contributed by atoms with van der Waals surface area (Å²) >= 11 is 5.20. The highest BCUT2D eigenvalue weighted by Gasteiger charge is 2.40. The predicted molar refractivity (Wildman–Crippen MR) is 75.6 cm³/mol. The van der Waals surface area contributed by atoms with Gasteiger partial charge in [0.25, 0.3) is 5.91 Å². The molecule has 2 aliphatic heterocycles. The number of benzene rings is 1. The van der Waals surface area contributed by atoms with Gasteiger partial charge in [0.15, 0.2) is 16.6 Å². The quantitative estimate of drug-likeness (QED) is 0.528. The SMILES string of the molecule is CN1C(=O)/C(=C2/Oc3ccccc3N2C)N(C)C1=S. The van der Waals surface area contributed by atoms with Gasteiger partial charge in [0.2, 0.25) is 5.88 Å². The van der Waals surface area contributed by atoms with Crippen LogP contribution in [-0.4, -0.2) is 42.0 Å². The first-order valence-corrected chi connectivity index (χ1v) is 6.24. The van der Waals surface area contributed by atoms with Gasteiger partial charge >= 0.3 is 0 Å². The second-order valence-electron chi connectivity index (χ2n) is 4.49. The third kappa shape index (κ3) is 1.53. The van der Waals surface area contributed by atoms with Gasteiger partial charge in [-0.2, -0.15) is 0 Å². The summed E-state index contributed by atoms with van der Waals surface area (Å²) in [5, 5.41) is 0.473. The Bertz CT molecular complexity index is 626. The maximum atomic E-state index is 12.2. The summed E-state index contributed by atoms with van der Waals surface area (Å²) < 4.78 is 5.80. The second kappa shape index (κ2) is 3.96. The minimum atomic E-state index is -0.151. The normalized spacial score (nSPS) is 22.2. The summed E-state index contributed by atoms with van der Waals surface area (Å²) in [4.78, 5) is 17.2. The molecule has 0 spiro atoms. The zero-order chi connectivity index (χ0) is 13.7. The number of ether oxygens (including phenoxy) is 1. The molecule has 1 aromatic rings. The van der Waals surface area contributed by atoms with E-state index in [2.05, 4.69) is 0 Å². The zero-order valence-corrected chi connectivity index (χ0v) is 11.7. The van der Waals surface area contributed by atoms with Crippen LogP contribution in [0.15, 0.2) is 35.8 Å². The van der Waals surface area contributed by atoms with E-state index in [-0.39, 0.29) is 5.91 Å². The highest BCUT2D eigenvalue weighted by molar-refractivity contribution is 7.80. The number of amides is 1. The molecule has 0 saturated carbocycles. The smallest absolute Gasteiger partial charge is 0.282 e. The number of rotatable bonds is 0. The molecule has 0 bridgehead atoms. The average Bonchev–Trinajstić information content (AvgIpc) is 2.83. The topological polar surface area (TPSA) is 36.0 Å². The number of carbonyl (C=O) groups excluding carboxylic acids is 1. The minimum Gasteiger partial charge on any atom is -0.436 e. The summed E-state index contributed by atoms with van der Waals surface area (Å²) in [5.74, 6) is 1.11. The summed E-state index contributed by atoms with van der Waals surface area (Å²) in [6.07, 6.45) is 0. The fourth-order valence-electron chi connectivity index (χ4n) is 2.25. The summed E-state index contributed by atoms with van der Waals surface area (Å²) in [6, 6.07) is 7.66. The van der Waals surface area contributed by atoms with Crippen LogP contribution in [0.25, 0.3) is 0 Å². The van der Waals surface area contributed by atoms with E-state index >= 15 is 0 Å². The van der Waals surface area contributed by atoms with Crippen molar-refractivity contribution in [2.45, 2.75) is 0 Å². The molecule has 0 N–H and O–H groups in total. The maximum absolute atomic E-state index is 12.2. The van der Waals surface area contributed by atoms with Crippen LogP contribution >= 0.6 is 12.2 Å². The third-order valence-electron chi connectivity index (χ3n) is 3.36. The fraction of sp³-hybridized carbons (Fsp3) is 0.231. The molecule has 5 nitrogen and oxygen atoms in total. The zero-order valence-electron chi connectivity index (χ0n) is 10.9. The highest BCUT2D eigenvalue weighted by Crippen LogP contribution is 2.39. The van der Waals surface area contributed by atoms with E-state index < -0.39 is 0 Å². The number of para-hydroxylation sites is 2. The van der Waals surface area contributed by atoms with E-state index in [1.807, 2.05) is 36.2 Å². The molecule has 1 aromatic carbocycles. The molecule has 19 heavy (non-hydrogen) atoms. The molecule has 6 heteroatoms.